The lowest BCUT2D eigenvalue weighted by Gasteiger charge is -2.33. The van der Waals surface area contributed by atoms with Gasteiger partial charge in [0.1, 0.15) is 5.15 Å². The molecule has 1 aliphatic heterocycles. The van der Waals surface area contributed by atoms with Crippen LogP contribution in [0.3, 0.4) is 0 Å². The number of hydrogen-bond donors (Lipinski definition) is 1. The number of rotatable bonds is 3. The number of hydrogen-bond acceptors (Lipinski definition) is 3. The summed E-state index contributed by atoms with van der Waals surface area (Å²) in [6.45, 7) is 5.34. The van der Waals surface area contributed by atoms with Gasteiger partial charge in [0.05, 0.1) is 0 Å². The number of pyridine rings is 1. The second-order valence-corrected chi connectivity index (χ2v) is 5.35. The first-order valence-corrected chi connectivity index (χ1v) is 6.61. The maximum atomic E-state index is 5.94. The molecule has 0 amide bonds. The number of nitrogens with zero attached hydrogens (tertiary/aromatic N) is 2. The molecule has 0 bridgehead atoms. The third-order valence-corrected chi connectivity index (χ3v) is 3.78. The Morgan fingerprint density at radius 3 is 2.82 bits per heavy atom. The molecule has 0 radical (unpaired) electrons. The first-order chi connectivity index (χ1) is 8.15. The molecule has 2 heterocycles. The molecule has 1 atom stereocenters. The Hall–Kier alpha value is -0.640. The number of likely N-dealkylation sites (tertiary alicyclic amines) is 1. The Bertz CT molecular complexity index is 359. The fourth-order valence-electron chi connectivity index (χ4n) is 2.44. The molecule has 1 saturated heterocycles. The molecule has 4 heteroatoms. The third kappa shape index (κ3) is 3.66. The minimum absolute atomic E-state index is 0.326. The monoisotopic (exact) mass is 253 g/mol. The molecule has 0 aromatic carbocycles. The van der Waals surface area contributed by atoms with Crippen molar-refractivity contribution < 1.29 is 0 Å². The molecule has 0 saturated carbocycles. The molecule has 1 aliphatic rings. The van der Waals surface area contributed by atoms with Crippen molar-refractivity contribution in [1.29, 1.82) is 0 Å². The summed E-state index contributed by atoms with van der Waals surface area (Å²) in [5, 5.41) is 0.577. The van der Waals surface area contributed by atoms with Crippen LogP contribution in [0.15, 0.2) is 18.3 Å². The van der Waals surface area contributed by atoms with Crippen molar-refractivity contribution in [1.82, 2.24) is 9.88 Å². The SMILES string of the molecule is CC(N)C1CCN(Cc2ccnc(Cl)c2)CC1. The number of halogens is 1. The van der Waals surface area contributed by atoms with E-state index in [4.69, 9.17) is 17.3 Å². The lowest BCUT2D eigenvalue weighted by molar-refractivity contribution is 0.165. The van der Waals surface area contributed by atoms with E-state index < -0.39 is 0 Å². The predicted molar refractivity (Wildman–Crippen MR) is 70.9 cm³/mol. The van der Waals surface area contributed by atoms with Crippen molar-refractivity contribution in [3.05, 3.63) is 29.0 Å². The van der Waals surface area contributed by atoms with E-state index in [0.29, 0.717) is 17.1 Å². The van der Waals surface area contributed by atoms with Crippen molar-refractivity contribution in [2.24, 2.45) is 11.7 Å². The maximum absolute atomic E-state index is 5.94. The van der Waals surface area contributed by atoms with Gasteiger partial charge >= 0.3 is 0 Å². The third-order valence-electron chi connectivity index (χ3n) is 3.57. The molecule has 1 unspecified atom stereocenters. The van der Waals surface area contributed by atoms with E-state index in [0.717, 1.165) is 19.6 Å². The Morgan fingerprint density at radius 2 is 2.24 bits per heavy atom. The molecular weight excluding hydrogens is 234 g/mol. The molecule has 17 heavy (non-hydrogen) atoms. The Kier molecular flexibility index (Phi) is 4.37. The van der Waals surface area contributed by atoms with Crippen molar-refractivity contribution >= 4 is 11.6 Å². The highest BCUT2D eigenvalue weighted by atomic mass is 35.5. The molecular formula is C13H20ClN3. The van der Waals surface area contributed by atoms with E-state index in [-0.39, 0.29) is 0 Å². The van der Waals surface area contributed by atoms with Gasteiger partial charge in [-0.25, -0.2) is 4.98 Å². The van der Waals surface area contributed by atoms with E-state index >= 15 is 0 Å². The molecule has 1 fully saturated rings. The molecule has 2 N–H and O–H groups in total. The van der Waals surface area contributed by atoms with Crippen LogP contribution in [0.25, 0.3) is 0 Å². The minimum atomic E-state index is 0.326. The summed E-state index contributed by atoms with van der Waals surface area (Å²) >= 11 is 5.88. The fourth-order valence-corrected chi connectivity index (χ4v) is 2.63. The largest absolute Gasteiger partial charge is 0.328 e. The summed E-state index contributed by atoms with van der Waals surface area (Å²) in [6.07, 6.45) is 4.18. The molecule has 1 aromatic rings. The Labute approximate surface area is 108 Å². The van der Waals surface area contributed by atoms with Crippen LogP contribution in [0.4, 0.5) is 0 Å². The van der Waals surface area contributed by atoms with Crippen molar-refractivity contribution in [3.8, 4) is 0 Å². The number of piperidine rings is 1. The Morgan fingerprint density at radius 1 is 1.53 bits per heavy atom. The maximum Gasteiger partial charge on any atom is 0.129 e. The first kappa shape index (κ1) is 12.8. The zero-order valence-corrected chi connectivity index (χ0v) is 11.0. The van der Waals surface area contributed by atoms with Crippen LogP contribution < -0.4 is 5.73 Å². The van der Waals surface area contributed by atoms with Gasteiger partial charge in [0.15, 0.2) is 0 Å². The van der Waals surface area contributed by atoms with E-state index in [9.17, 15) is 0 Å². The minimum Gasteiger partial charge on any atom is -0.328 e. The summed E-state index contributed by atoms with van der Waals surface area (Å²) < 4.78 is 0. The summed E-state index contributed by atoms with van der Waals surface area (Å²) in [5.41, 5.74) is 7.18. The average Bonchev–Trinajstić information content (AvgIpc) is 2.29. The van der Waals surface area contributed by atoms with E-state index in [1.54, 1.807) is 6.20 Å². The summed E-state index contributed by atoms with van der Waals surface area (Å²) in [7, 11) is 0. The van der Waals surface area contributed by atoms with Crippen molar-refractivity contribution in [2.45, 2.75) is 32.4 Å². The van der Waals surface area contributed by atoms with Crippen LogP contribution in [0.5, 0.6) is 0 Å². The highest BCUT2D eigenvalue weighted by molar-refractivity contribution is 6.29. The second-order valence-electron chi connectivity index (χ2n) is 4.96. The first-order valence-electron chi connectivity index (χ1n) is 6.23. The molecule has 3 nitrogen and oxygen atoms in total. The average molecular weight is 254 g/mol. The van der Waals surface area contributed by atoms with Gasteiger partial charge in [-0.1, -0.05) is 11.6 Å². The second kappa shape index (κ2) is 5.80. The topological polar surface area (TPSA) is 42.1 Å². The molecule has 0 aliphatic carbocycles. The van der Waals surface area contributed by atoms with Gasteiger partial charge in [0, 0.05) is 18.8 Å². The number of aromatic nitrogens is 1. The predicted octanol–water partition coefficient (Wildman–Crippen LogP) is 2.29. The smallest absolute Gasteiger partial charge is 0.129 e. The van der Waals surface area contributed by atoms with Crippen LogP contribution >= 0.6 is 11.6 Å². The standard InChI is InChI=1S/C13H20ClN3/c1-10(15)12-3-6-17(7-4-12)9-11-2-5-16-13(14)8-11/h2,5,8,10,12H,3-4,6-7,9,15H2,1H3. The van der Waals surface area contributed by atoms with Crippen LogP contribution in [-0.4, -0.2) is 29.0 Å². The quantitative estimate of drug-likeness (QED) is 0.841. The molecule has 0 spiro atoms. The van der Waals surface area contributed by atoms with E-state index in [1.807, 2.05) is 12.1 Å². The summed E-state index contributed by atoms with van der Waals surface area (Å²) in [5.74, 6) is 0.687. The lowest BCUT2D eigenvalue weighted by atomic mass is 9.91. The zero-order valence-electron chi connectivity index (χ0n) is 10.3. The van der Waals surface area contributed by atoms with Gasteiger partial charge in [-0.15, -0.1) is 0 Å². The van der Waals surface area contributed by atoms with Crippen molar-refractivity contribution in [3.63, 3.8) is 0 Å². The summed E-state index contributed by atoms with van der Waals surface area (Å²) in [6, 6.07) is 4.30. The normalized spacial score (nSPS) is 20.4. The van der Waals surface area contributed by atoms with Crippen LogP contribution in [0.2, 0.25) is 5.15 Å². The molecule has 2 rings (SSSR count). The van der Waals surface area contributed by atoms with Gasteiger partial charge < -0.3 is 5.73 Å². The lowest BCUT2D eigenvalue weighted by Crippen LogP contribution is -2.39. The highest BCUT2D eigenvalue weighted by Gasteiger charge is 2.21. The van der Waals surface area contributed by atoms with Gasteiger partial charge in [-0.05, 0) is 56.5 Å². The van der Waals surface area contributed by atoms with Crippen LogP contribution in [0.1, 0.15) is 25.3 Å². The zero-order chi connectivity index (χ0) is 12.3. The molecule has 94 valence electrons. The molecule has 1 aromatic heterocycles. The van der Waals surface area contributed by atoms with Gasteiger partial charge in [0.25, 0.3) is 0 Å². The van der Waals surface area contributed by atoms with Crippen LogP contribution in [-0.2, 0) is 6.54 Å². The Balaban J connectivity index is 1.86. The van der Waals surface area contributed by atoms with Crippen LogP contribution in [0, 0.1) is 5.92 Å². The van der Waals surface area contributed by atoms with E-state index in [1.165, 1.54) is 18.4 Å². The van der Waals surface area contributed by atoms with E-state index in [2.05, 4.69) is 16.8 Å². The van der Waals surface area contributed by atoms with Gasteiger partial charge in [0.2, 0.25) is 0 Å². The fraction of sp³-hybridized carbons (Fsp3) is 0.615. The summed E-state index contributed by atoms with van der Waals surface area (Å²) in [4.78, 5) is 6.46. The van der Waals surface area contributed by atoms with Gasteiger partial charge in [-0.2, -0.15) is 0 Å². The van der Waals surface area contributed by atoms with Crippen molar-refractivity contribution in [2.75, 3.05) is 13.1 Å². The number of nitrogens with two attached hydrogens (primary N) is 1. The highest BCUT2D eigenvalue weighted by Crippen LogP contribution is 2.21. The van der Waals surface area contributed by atoms with Gasteiger partial charge in [-0.3, -0.25) is 4.90 Å².